The summed E-state index contributed by atoms with van der Waals surface area (Å²) in [5, 5.41) is 21.5. The maximum atomic E-state index is 14.1. The van der Waals surface area contributed by atoms with Crippen molar-refractivity contribution in [2.45, 2.75) is 49.1 Å². The molecular weight excluding hydrogens is 498 g/mol. The topological polar surface area (TPSA) is 82.9 Å². The van der Waals surface area contributed by atoms with Crippen LogP contribution in [-0.4, -0.2) is 58.1 Å². The zero-order valence-electron chi connectivity index (χ0n) is 20.8. The highest BCUT2D eigenvalue weighted by Crippen LogP contribution is 2.34. The molecule has 3 unspecified atom stereocenters. The van der Waals surface area contributed by atoms with Crippen molar-refractivity contribution in [2.75, 3.05) is 26.0 Å². The van der Waals surface area contributed by atoms with Gasteiger partial charge in [0.15, 0.2) is 11.6 Å². The van der Waals surface area contributed by atoms with Crippen molar-refractivity contribution in [3.63, 3.8) is 0 Å². The summed E-state index contributed by atoms with van der Waals surface area (Å²) in [6, 6.07) is 11.5. The number of carboxylic acids is 1. The Morgan fingerprint density at radius 3 is 2.89 bits per heavy atom. The third-order valence-corrected chi connectivity index (χ3v) is 8.11. The largest absolute Gasteiger partial charge is 0.497 e. The van der Waals surface area contributed by atoms with E-state index in [2.05, 4.69) is 9.88 Å². The molecule has 0 spiro atoms. The molecule has 2 aromatic carbocycles. The summed E-state index contributed by atoms with van der Waals surface area (Å²) in [6.07, 6.45) is 3.76. The van der Waals surface area contributed by atoms with Crippen LogP contribution in [0.3, 0.4) is 0 Å². The molecule has 1 fully saturated rings. The summed E-state index contributed by atoms with van der Waals surface area (Å²) in [5.74, 6) is -1.34. The number of aliphatic hydroxyl groups is 1. The Morgan fingerprint density at radius 1 is 1.27 bits per heavy atom. The van der Waals surface area contributed by atoms with Gasteiger partial charge < -0.3 is 14.9 Å². The van der Waals surface area contributed by atoms with Crippen LogP contribution in [0.15, 0.2) is 53.6 Å². The number of aliphatic carboxylic acids is 1. The number of benzene rings is 2. The molecule has 3 atom stereocenters. The lowest BCUT2D eigenvalue weighted by Gasteiger charge is -2.41. The van der Waals surface area contributed by atoms with Gasteiger partial charge in [0.2, 0.25) is 0 Å². The normalized spacial score (nSPS) is 19.1. The average Bonchev–Trinajstić information content (AvgIpc) is 2.89. The molecule has 0 radical (unpaired) electrons. The number of pyridine rings is 1. The fourth-order valence-electron chi connectivity index (χ4n) is 5.29. The maximum absolute atomic E-state index is 14.1. The number of aromatic nitrogens is 1. The second-order valence-electron chi connectivity index (χ2n) is 9.38. The van der Waals surface area contributed by atoms with E-state index in [1.807, 2.05) is 24.3 Å². The zero-order valence-corrected chi connectivity index (χ0v) is 21.6. The van der Waals surface area contributed by atoms with E-state index in [1.54, 1.807) is 19.4 Å². The minimum absolute atomic E-state index is 0.0277. The molecule has 1 aromatic heterocycles. The van der Waals surface area contributed by atoms with E-state index in [1.165, 1.54) is 17.8 Å². The molecule has 3 aromatic rings. The number of likely N-dealkylation sites (tertiary alicyclic amines) is 1. The first-order chi connectivity index (χ1) is 17.9. The Balaban J connectivity index is 1.46. The van der Waals surface area contributed by atoms with Crippen molar-refractivity contribution >= 4 is 28.6 Å². The number of carbonyl (C=O) groups is 1. The van der Waals surface area contributed by atoms with Crippen LogP contribution >= 0.6 is 11.8 Å². The van der Waals surface area contributed by atoms with E-state index in [9.17, 15) is 23.8 Å². The van der Waals surface area contributed by atoms with Crippen LogP contribution in [0, 0.1) is 17.6 Å². The van der Waals surface area contributed by atoms with Crippen LogP contribution < -0.4 is 4.74 Å². The Hall–Kier alpha value is -2.75. The molecule has 0 bridgehead atoms. The number of hydrogen-bond donors (Lipinski definition) is 2. The SMILES string of the molecule is COc1ccc2nccc(C(O)CCC3C(CC(=O)O)CCCN3CCSc3cccc(F)c3F)c2c1. The molecule has 0 amide bonds. The van der Waals surface area contributed by atoms with Crippen molar-refractivity contribution in [1.82, 2.24) is 9.88 Å². The second-order valence-corrected chi connectivity index (χ2v) is 10.5. The van der Waals surface area contributed by atoms with Crippen LogP contribution in [0.5, 0.6) is 5.75 Å². The monoisotopic (exact) mass is 530 g/mol. The first-order valence-corrected chi connectivity index (χ1v) is 13.5. The fraction of sp³-hybridized carbons (Fsp3) is 0.429. The van der Waals surface area contributed by atoms with Crippen molar-refractivity contribution in [3.05, 3.63) is 65.9 Å². The highest BCUT2D eigenvalue weighted by atomic mass is 32.2. The molecule has 6 nitrogen and oxygen atoms in total. The predicted octanol–water partition coefficient (Wildman–Crippen LogP) is 5.68. The second kappa shape index (κ2) is 12.7. The molecule has 198 valence electrons. The Kier molecular flexibility index (Phi) is 9.34. The van der Waals surface area contributed by atoms with Gasteiger partial charge in [0.1, 0.15) is 5.75 Å². The number of hydrogen-bond acceptors (Lipinski definition) is 6. The first kappa shape index (κ1) is 27.3. The Morgan fingerprint density at radius 2 is 2.11 bits per heavy atom. The summed E-state index contributed by atoms with van der Waals surface area (Å²) in [7, 11) is 1.59. The summed E-state index contributed by atoms with van der Waals surface area (Å²) in [6.45, 7) is 1.42. The molecule has 9 heteroatoms. The molecule has 0 saturated carbocycles. The molecule has 4 rings (SSSR count). The van der Waals surface area contributed by atoms with Gasteiger partial charge in [-0.2, -0.15) is 0 Å². The molecule has 1 saturated heterocycles. The lowest BCUT2D eigenvalue weighted by Crippen LogP contribution is -2.47. The average molecular weight is 531 g/mol. The van der Waals surface area contributed by atoms with Gasteiger partial charge in [0.25, 0.3) is 0 Å². The molecule has 37 heavy (non-hydrogen) atoms. The van der Waals surface area contributed by atoms with E-state index in [0.29, 0.717) is 30.9 Å². The molecule has 2 heterocycles. The number of nitrogens with zero attached hydrogens (tertiary/aromatic N) is 2. The predicted molar refractivity (Wildman–Crippen MR) is 140 cm³/mol. The van der Waals surface area contributed by atoms with Crippen LogP contribution in [0.2, 0.25) is 0 Å². The van der Waals surface area contributed by atoms with E-state index in [4.69, 9.17) is 4.74 Å². The van der Waals surface area contributed by atoms with Crippen LogP contribution in [0.1, 0.15) is 43.8 Å². The van der Waals surface area contributed by atoms with Crippen LogP contribution in [-0.2, 0) is 4.79 Å². The van der Waals surface area contributed by atoms with Gasteiger partial charge >= 0.3 is 5.97 Å². The van der Waals surface area contributed by atoms with Crippen molar-refractivity contribution in [3.8, 4) is 5.75 Å². The number of aliphatic hydroxyl groups excluding tert-OH is 1. The maximum Gasteiger partial charge on any atom is 0.303 e. The van der Waals surface area contributed by atoms with Gasteiger partial charge in [-0.15, -0.1) is 11.8 Å². The van der Waals surface area contributed by atoms with Gasteiger partial charge in [0, 0.05) is 41.2 Å². The lowest BCUT2D eigenvalue weighted by molar-refractivity contribution is -0.139. The minimum Gasteiger partial charge on any atom is -0.497 e. The Labute approximate surface area is 219 Å². The van der Waals surface area contributed by atoms with Crippen molar-refractivity contribution in [1.29, 1.82) is 0 Å². The van der Waals surface area contributed by atoms with Gasteiger partial charge in [0.05, 0.1) is 18.7 Å². The lowest BCUT2D eigenvalue weighted by atomic mass is 9.83. The smallest absolute Gasteiger partial charge is 0.303 e. The first-order valence-electron chi connectivity index (χ1n) is 12.5. The summed E-state index contributed by atoms with van der Waals surface area (Å²) < 4.78 is 33.0. The van der Waals surface area contributed by atoms with Gasteiger partial charge in [-0.3, -0.25) is 14.7 Å². The molecule has 0 aliphatic carbocycles. The van der Waals surface area contributed by atoms with Gasteiger partial charge in [-0.25, -0.2) is 8.78 Å². The van der Waals surface area contributed by atoms with Crippen LogP contribution in [0.25, 0.3) is 10.9 Å². The van der Waals surface area contributed by atoms with Crippen molar-refractivity contribution in [2.24, 2.45) is 5.92 Å². The quantitative estimate of drug-likeness (QED) is 0.309. The number of rotatable bonds is 11. The molecular formula is C28H32F2N2O4S. The minimum atomic E-state index is -0.863. The van der Waals surface area contributed by atoms with Gasteiger partial charge in [-0.1, -0.05) is 6.07 Å². The molecule has 1 aliphatic rings. The zero-order chi connectivity index (χ0) is 26.4. The van der Waals surface area contributed by atoms with Crippen molar-refractivity contribution < 1.29 is 28.5 Å². The van der Waals surface area contributed by atoms with E-state index < -0.39 is 23.7 Å². The number of thioether (sulfide) groups is 1. The Bertz CT molecular complexity index is 1230. The standard InChI is InChI=1S/C28H32F2N2O4S/c1-36-19-7-8-23-21(17-19)20(11-12-31-23)25(33)10-9-24-18(16-27(34)35)4-3-13-32(24)14-15-37-26-6-2-5-22(29)28(26)30/h2,5-8,11-12,17-18,24-25,33H,3-4,9-10,13-16H2,1H3,(H,34,35). The number of halogens is 2. The van der Waals surface area contributed by atoms with Crippen LogP contribution in [0.4, 0.5) is 8.78 Å². The van der Waals surface area contributed by atoms with E-state index in [0.717, 1.165) is 41.9 Å². The van der Waals surface area contributed by atoms with E-state index >= 15 is 0 Å². The summed E-state index contributed by atoms with van der Waals surface area (Å²) >= 11 is 1.26. The molecule has 2 N–H and O–H groups in total. The third-order valence-electron chi connectivity index (χ3n) is 7.10. The van der Waals surface area contributed by atoms with Gasteiger partial charge in [-0.05, 0) is 80.1 Å². The number of carboxylic acid groups (broad SMARTS) is 1. The highest BCUT2D eigenvalue weighted by Gasteiger charge is 2.33. The number of fused-ring (bicyclic) bond motifs is 1. The number of ether oxygens (including phenoxy) is 1. The highest BCUT2D eigenvalue weighted by molar-refractivity contribution is 7.99. The summed E-state index contributed by atoms with van der Waals surface area (Å²) in [5.41, 5.74) is 1.53. The third kappa shape index (κ3) is 6.77. The molecule has 1 aliphatic heterocycles. The fourth-order valence-corrected chi connectivity index (χ4v) is 6.23. The summed E-state index contributed by atoms with van der Waals surface area (Å²) in [4.78, 5) is 18.5. The van der Waals surface area contributed by atoms with E-state index in [-0.39, 0.29) is 23.3 Å². The number of methoxy groups -OCH3 is 1. The number of piperidine rings is 1.